The number of thiazole rings is 1. The Morgan fingerprint density at radius 3 is 2.75 bits per heavy atom. The van der Waals surface area contributed by atoms with Gasteiger partial charge in [-0.2, -0.15) is 11.3 Å². The van der Waals surface area contributed by atoms with E-state index in [1.165, 1.54) is 17.4 Å². The van der Waals surface area contributed by atoms with Gasteiger partial charge in [-0.15, -0.1) is 11.3 Å². The number of hydrogen-bond donors (Lipinski definition) is 1. The van der Waals surface area contributed by atoms with Crippen molar-refractivity contribution in [1.82, 2.24) is 4.98 Å². The molecule has 2 aromatic heterocycles. The molecule has 0 saturated heterocycles. The highest BCUT2D eigenvalue weighted by Gasteiger charge is 2.18. The van der Waals surface area contributed by atoms with Gasteiger partial charge in [-0.1, -0.05) is 6.07 Å². The van der Waals surface area contributed by atoms with Gasteiger partial charge in [-0.25, -0.2) is 4.98 Å². The Kier molecular flexibility index (Phi) is 4.41. The summed E-state index contributed by atoms with van der Waals surface area (Å²) in [6.07, 6.45) is 0. The van der Waals surface area contributed by atoms with Crippen LogP contribution in [0.5, 0.6) is 0 Å². The van der Waals surface area contributed by atoms with E-state index >= 15 is 0 Å². The van der Waals surface area contributed by atoms with E-state index in [1.54, 1.807) is 37.3 Å². The average Bonchev–Trinajstić information content (AvgIpc) is 3.18. The van der Waals surface area contributed by atoms with Crippen molar-refractivity contribution in [1.29, 1.82) is 0 Å². The molecule has 24 heavy (non-hydrogen) atoms. The minimum atomic E-state index is -0.461. The fourth-order valence-electron chi connectivity index (χ4n) is 2.19. The Morgan fingerprint density at radius 1 is 1.29 bits per heavy atom. The molecule has 6 nitrogen and oxygen atoms in total. The number of hydrogen-bond acceptors (Lipinski definition) is 6. The van der Waals surface area contributed by atoms with Crippen molar-refractivity contribution in [3.05, 3.63) is 61.3 Å². The summed E-state index contributed by atoms with van der Waals surface area (Å²) >= 11 is 2.88. The topological polar surface area (TPSA) is 85.1 Å². The van der Waals surface area contributed by atoms with Crippen LogP contribution in [0.4, 0.5) is 11.4 Å². The maximum absolute atomic E-state index is 12.5. The van der Waals surface area contributed by atoms with Crippen molar-refractivity contribution in [3.8, 4) is 10.6 Å². The molecule has 3 rings (SSSR count). The lowest BCUT2D eigenvalue weighted by Crippen LogP contribution is -2.11. The Labute approximate surface area is 146 Å². The van der Waals surface area contributed by atoms with E-state index in [1.807, 2.05) is 16.8 Å². The number of thiophene rings is 1. The van der Waals surface area contributed by atoms with E-state index < -0.39 is 4.92 Å². The Hall–Kier alpha value is -2.58. The van der Waals surface area contributed by atoms with Crippen molar-refractivity contribution in [2.75, 3.05) is 5.32 Å². The van der Waals surface area contributed by atoms with Crippen LogP contribution < -0.4 is 5.32 Å². The van der Waals surface area contributed by atoms with Crippen LogP contribution in [0.3, 0.4) is 0 Å². The number of anilines is 1. The van der Waals surface area contributed by atoms with E-state index in [9.17, 15) is 14.9 Å². The van der Waals surface area contributed by atoms with Crippen LogP contribution in [0, 0.1) is 24.0 Å². The molecule has 0 radical (unpaired) electrons. The van der Waals surface area contributed by atoms with Gasteiger partial charge in [0.25, 0.3) is 11.6 Å². The van der Waals surface area contributed by atoms with Gasteiger partial charge in [0, 0.05) is 28.3 Å². The summed E-state index contributed by atoms with van der Waals surface area (Å²) in [6.45, 7) is 3.43. The van der Waals surface area contributed by atoms with Crippen LogP contribution in [0.25, 0.3) is 10.6 Å². The van der Waals surface area contributed by atoms with Crippen LogP contribution in [-0.4, -0.2) is 15.8 Å². The Bertz CT molecular complexity index is 917. The second-order valence-electron chi connectivity index (χ2n) is 5.16. The molecule has 0 saturated carbocycles. The Balaban J connectivity index is 1.86. The number of nitro benzene ring substituents is 1. The zero-order chi connectivity index (χ0) is 17.3. The van der Waals surface area contributed by atoms with Crippen molar-refractivity contribution in [3.63, 3.8) is 0 Å². The van der Waals surface area contributed by atoms with Gasteiger partial charge in [0.2, 0.25) is 0 Å². The molecule has 0 aliphatic rings. The normalized spacial score (nSPS) is 10.6. The molecular formula is C16H13N3O3S2. The van der Waals surface area contributed by atoms with E-state index in [0.717, 1.165) is 10.6 Å². The highest BCUT2D eigenvalue weighted by molar-refractivity contribution is 7.17. The van der Waals surface area contributed by atoms with E-state index in [2.05, 4.69) is 10.3 Å². The van der Waals surface area contributed by atoms with Crippen LogP contribution >= 0.6 is 22.7 Å². The summed E-state index contributed by atoms with van der Waals surface area (Å²) < 4.78 is 0. The van der Waals surface area contributed by atoms with E-state index in [-0.39, 0.29) is 11.6 Å². The predicted octanol–water partition coefficient (Wildman–Crippen LogP) is 4.65. The van der Waals surface area contributed by atoms with Crippen LogP contribution in [0.1, 0.15) is 20.9 Å². The largest absolute Gasteiger partial charge is 0.321 e. The highest BCUT2D eigenvalue weighted by atomic mass is 32.1. The van der Waals surface area contributed by atoms with Crippen molar-refractivity contribution in [2.24, 2.45) is 0 Å². The third-order valence-corrected chi connectivity index (χ3v) is 5.32. The van der Waals surface area contributed by atoms with Crippen LogP contribution in [-0.2, 0) is 0 Å². The van der Waals surface area contributed by atoms with E-state index in [0.29, 0.717) is 21.8 Å². The molecule has 122 valence electrons. The molecule has 0 aliphatic heterocycles. The lowest BCUT2D eigenvalue weighted by atomic mass is 10.2. The zero-order valence-corrected chi connectivity index (χ0v) is 14.5. The molecule has 0 fully saturated rings. The standard InChI is InChI=1S/C16H13N3O3S2/c1-9-3-4-12(7-13(9)19(21)22)18-15(20)14-10(2)17-16(24-14)11-5-6-23-8-11/h3-8H,1-2H3,(H,18,20). The fraction of sp³-hybridized carbons (Fsp3) is 0.125. The molecular weight excluding hydrogens is 346 g/mol. The average molecular weight is 359 g/mol. The SMILES string of the molecule is Cc1ccc(NC(=O)c2sc(-c3ccsc3)nc2C)cc1[N+](=O)[O-]. The molecule has 3 aromatic rings. The number of nitrogens with zero attached hydrogens (tertiary/aromatic N) is 2. The van der Waals surface area contributed by atoms with Gasteiger partial charge in [0.05, 0.1) is 10.6 Å². The first kappa shape index (κ1) is 16.3. The van der Waals surface area contributed by atoms with Gasteiger partial charge in [0.1, 0.15) is 9.88 Å². The highest BCUT2D eigenvalue weighted by Crippen LogP contribution is 2.30. The maximum Gasteiger partial charge on any atom is 0.274 e. The van der Waals surface area contributed by atoms with Gasteiger partial charge in [-0.3, -0.25) is 14.9 Å². The number of aromatic nitrogens is 1. The number of amides is 1. The summed E-state index contributed by atoms with van der Waals surface area (Å²) in [5.74, 6) is -0.315. The molecule has 0 bridgehead atoms. The number of benzene rings is 1. The summed E-state index contributed by atoms with van der Waals surface area (Å²) in [4.78, 5) is 28.0. The monoisotopic (exact) mass is 359 g/mol. The third-order valence-electron chi connectivity index (χ3n) is 3.43. The summed E-state index contributed by atoms with van der Waals surface area (Å²) in [5, 5.41) is 18.4. The minimum Gasteiger partial charge on any atom is -0.321 e. The van der Waals surface area contributed by atoms with Gasteiger partial charge in [0.15, 0.2) is 0 Å². The minimum absolute atomic E-state index is 0.0206. The molecule has 1 N–H and O–H groups in total. The number of nitro groups is 1. The Morgan fingerprint density at radius 2 is 2.08 bits per heavy atom. The molecule has 1 amide bonds. The molecule has 1 aromatic carbocycles. The quantitative estimate of drug-likeness (QED) is 0.543. The van der Waals surface area contributed by atoms with Gasteiger partial charge >= 0.3 is 0 Å². The predicted molar refractivity (Wildman–Crippen MR) is 96.0 cm³/mol. The number of nitrogens with one attached hydrogen (secondary N) is 1. The zero-order valence-electron chi connectivity index (χ0n) is 12.9. The number of aryl methyl sites for hydroxylation is 2. The lowest BCUT2D eigenvalue weighted by Gasteiger charge is -2.05. The first-order chi connectivity index (χ1) is 11.5. The number of carbonyl (C=O) groups excluding carboxylic acids is 1. The van der Waals surface area contributed by atoms with E-state index in [4.69, 9.17) is 0 Å². The molecule has 0 atom stereocenters. The van der Waals surface area contributed by atoms with Crippen LogP contribution in [0.2, 0.25) is 0 Å². The molecule has 0 spiro atoms. The summed E-state index contributed by atoms with van der Waals surface area (Å²) in [7, 11) is 0. The van der Waals surface area contributed by atoms with Gasteiger partial charge < -0.3 is 5.32 Å². The summed E-state index contributed by atoms with van der Waals surface area (Å²) in [6, 6.07) is 6.58. The van der Waals surface area contributed by atoms with Gasteiger partial charge in [-0.05, 0) is 31.4 Å². The fourth-order valence-corrected chi connectivity index (χ4v) is 3.86. The van der Waals surface area contributed by atoms with Crippen molar-refractivity contribution in [2.45, 2.75) is 13.8 Å². The molecule has 8 heteroatoms. The van der Waals surface area contributed by atoms with Crippen molar-refractivity contribution >= 4 is 40.0 Å². The van der Waals surface area contributed by atoms with Crippen molar-refractivity contribution < 1.29 is 9.72 Å². The second-order valence-corrected chi connectivity index (χ2v) is 6.94. The first-order valence-corrected chi connectivity index (χ1v) is 8.78. The summed E-state index contributed by atoms with van der Waals surface area (Å²) in [5.41, 5.74) is 2.54. The second kappa shape index (κ2) is 6.50. The number of rotatable bonds is 4. The smallest absolute Gasteiger partial charge is 0.274 e. The van der Waals surface area contributed by atoms with Crippen LogP contribution in [0.15, 0.2) is 35.0 Å². The first-order valence-electron chi connectivity index (χ1n) is 7.02. The lowest BCUT2D eigenvalue weighted by molar-refractivity contribution is -0.385. The molecule has 2 heterocycles. The molecule has 0 unspecified atom stereocenters. The third kappa shape index (κ3) is 3.19. The maximum atomic E-state index is 12.5. The molecule has 0 aliphatic carbocycles. The number of carbonyl (C=O) groups is 1.